The number of aliphatic carboxylic acids is 1. The molecule has 1 aliphatic rings. The quantitative estimate of drug-likeness (QED) is 0.815. The molecule has 1 amide bonds. The normalized spacial score (nSPS) is 21.2. The number of H-pyrrole nitrogens is 1. The molecule has 6 heteroatoms. The second kappa shape index (κ2) is 5.44. The zero-order valence-corrected chi connectivity index (χ0v) is 12.1. The largest absolute Gasteiger partial charge is 0.481 e. The van der Waals surface area contributed by atoms with Gasteiger partial charge in [0.15, 0.2) is 0 Å². The molecular weight excluding hydrogens is 287 g/mol. The number of hydrogen-bond acceptors (Lipinski definition) is 2. The molecule has 116 valence electrons. The Morgan fingerprint density at radius 2 is 2.09 bits per heavy atom. The van der Waals surface area contributed by atoms with Crippen LogP contribution in [0.1, 0.15) is 35.3 Å². The van der Waals surface area contributed by atoms with Crippen molar-refractivity contribution in [3.63, 3.8) is 0 Å². The lowest BCUT2D eigenvalue weighted by Gasteiger charge is -2.11. The molecule has 1 saturated carbocycles. The standard InChI is InChI=1S/C16H17FN2O3/c1-8-4-10(17)6-13-12(8)7-14(19-13)15(20)18-11-3-2-9(5-11)16(21)22/h4,6-7,9,11,19H,2-3,5H2,1H3,(H,18,20)(H,21,22)/t9-,11+/m0/s1. The summed E-state index contributed by atoms with van der Waals surface area (Å²) in [5.41, 5.74) is 1.71. The minimum atomic E-state index is -0.812. The first kappa shape index (κ1) is 14.6. The van der Waals surface area contributed by atoms with Crippen molar-refractivity contribution in [2.45, 2.75) is 32.2 Å². The Labute approximate surface area is 126 Å². The molecule has 0 spiro atoms. The van der Waals surface area contributed by atoms with Crippen LogP contribution in [0.2, 0.25) is 0 Å². The fourth-order valence-corrected chi connectivity index (χ4v) is 3.10. The van der Waals surface area contributed by atoms with E-state index in [1.54, 1.807) is 13.0 Å². The molecule has 0 radical (unpaired) electrons. The highest BCUT2D eigenvalue weighted by atomic mass is 19.1. The lowest BCUT2D eigenvalue weighted by Crippen LogP contribution is -2.33. The second-order valence-electron chi connectivity index (χ2n) is 5.89. The highest BCUT2D eigenvalue weighted by Crippen LogP contribution is 2.26. The molecule has 0 saturated heterocycles. The number of carboxylic acids is 1. The van der Waals surface area contributed by atoms with E-state index in [0.29, 0.717) is 30.5 Å². The van der Waals surface area contributed by atoms with E-state index in [2.05, 4.69) is 10.3 Å². The van der Waals surface area contributed by atoms with E-state index >= 15 is 0 Å². The molecule has 0 unspecified atom stereocenters. The SMILES string of the molecule is Cc1cc(F)cc2[nH]c(C(=O)N[C@@H]3CC[C@H](C(=O)O)C3)cc12. The van der Waals surface area contributed by atoms with E-state index in [4.69, 9.17) is 5.11 Å². The second-order valence-corrected chi connectivity index (χ2v) is 5.89. The Bertz CT molecular complexity index is 753. The van der Waals surface area contributed by atoms with Gasteiger partial charge in [-0.1, -0.05) is 0 Å². The van der Waals surface area contributed by atoms with E-state index in [1.165, 1.54) is 12.1 Å². The van der Waals surface area contributed by atoms with Crippen LogP contribution in [0.4, 0.5) is 4.39 Å². The van der Waals surface area contributed by atoms with Crippen molar-refractivity contribution in [2.24, 2.45) is 5.92 Å². The number of carbonyl (C=O) groups is 2. The number of carboxylic acid groups (broad SMARTS) is 1. The minimum Gasteiger partial charge on any atom is -0.481 e. The molecule has 3 N–H and O–H groups in total. The smallest absolute Gasteiger partial charge is 0.306 e. The van der Waals surface area contributed by atoms with Crippen LogP contribution in [0.3, 0.4) is 0 Å². The van der Waals surface area contributed by atoms with Crippen LogP contribution in [0.25, 0.3) is 10.9 Å². The average molecular weight is 304 g/mol. The van der Waals surface area contributed by atoms with Crippen molar-refractivity contribution in [2.75, 3.05) is 0 Å². The lowest BCUT2D eigenvalue weighted by atomic mass is 10.1. The van der Waals surface area contributed by atoms with Gasteiger partial charge in [-0.15, -0.1) is 0 Å². The van der Waals surface area contributed by atoms with Gasteiger partial charge >= 0.3 is 5.97 Å². The number of fused-ring (bicyclic) bond motifs is 1. The number of benzene rings is 1. The van der Waals surface area contributed by atoms with Crippen LogP contribution < -0.4 is 5.32 Å². The van der Waals surface area contributed by atoms with Gasteiger partial charge < -0.3 is 15.4 Å². The summed E-state index contributed by atoms with van der Waals surface area (Å²) in [6.07, 6.45) is 1.70. The van der Waals surface area contributed by atoms with Gasteiger partial charge in [0.05, 0.1) is 5.92 Å². The fraction of sp³-hybridized carbons (Fsp3) is 0.375. The van der Waals surface area contributed by atoms with Crippen LogP contribution in [0.5, 0.6) is 0 Å². The van der Waals surface area contributed by atoms with E-state index < -0.39 is 5.97 Å². The van der Waals surface area contributed by atoms with Gasteiger partial charge in [0.25, 0.3) is 5.91 Å². The third-order valence-corrected chi connectivity index (χ3v) is 4.27. The number of nitrogens with one attached hydrogen (secondary N) is 2. The van der Waals surface area contributed by atoms with Crippen LogP contribution in [-0.4, -0.2) is 28.0 Å². The van der Waals surface area contributed by atoms with Gasteiger partial charge in [-0.25, -0.2) is 4.39 Å². The highest BCUT2D eigenvalue weighted by Gasteiger charge is 2.30. The number of aromatic nitrogens is 1. The molecule has 1 aromatic carbocycles. The molecule has 1 aliphatic carbocycles. The Kier molecular flexibility index (Phi) is 3.60. The summed E-state index contributed by atoms with van der Waals surface area (Å²) in [5.74, 6) is -1.83. The predicted molar refractivity (Wildman–Crippen MR) is 79.2 cm³/mol. The summed E-state index contributed by atoms with van der Waals surface area (Å²) >= 11 is 0. The van der Waals surface area contributed by atoms with Crippen molar-refractivity contribution >= 4 is 22.8 Å². The van der Waals surface area contributed by atoms with Crippen LogP contribution >= 0.6 is 0 Å². The molecule has 22 heavy (non-hydrogen) atoms. The molecule has 0 bridgehead atoms. The molecule has 1 fully saturated rings. The van der Waals surface area contributed by atoms with Gasteiger partial charge in [-0.05, 0) is 49.9 Å². The summed E-state index contributed by atoms with van der Waals surface area (Å²) < 4.78 is 13.4. The zero-order valence-electron chi connectivity index (χ0n) is 12.1. The van der Waals surface area contributed by atoms with E-state index in [-0.39, 0.29) is 23.7 Å². The Balaban J connectivity index is 1.76. The Hall–Kier alpha value is -2.37. The first-order valence-electron chi connectivity index (χ1n) is 7.26. The maximum absolute atomic E-state index is 13.4. The van der Waals surface area contributed by atoms with Crippen molar-refractivity contribution in [1.82, 2.24) is 10.3 Å². The van der Waals surface area contributed by atoms with Crippen molar-refractivity contribution in [3.8, 4) is 0 Å². The van der Waals surface area contributed by atoms with Gasteiger partial charge in [0.2, 0.25) is 0 Å². The summed E-state index contributed by atoms with van der Waals surface area (Å²) in [5, 5.41) is 12.6. The van der Waals surface area contributed by atoms with Crippen molar-refractivity contribution in [1.29, 1.82) is 0 Å². The number of hydrogen-bond donors (Lipinski definition) is 3. The van der Waals surface area contributed by atoms with Crippen LogP contribution in [0, 0.1) is 18.7 Å². The molecule has 1 heterocycles. The first-order valence-corrected chi connectivity index (χ1v) is 7.26. The van der Waals surface area contributed by atoms with Gasteiger partial charge in [0.1, 0.15) is 11.5 Å². The molecular formula is C16H17FN2O3. The van der Waals surface area contributed by atoms with E-state index in [0.717, 1.165) is 10.9 Å². The summed E-state index contributed by atoms with van der Waals surface area (Å²) in [6.45, 7) is 1.79. The highest BCUT2D eigenvalue weighted by molar-refractivity contribution is 5.99. The summed E-state index contributed by atoms with van der Waals surface area (Å²) in [7, 11) is 0. The summed E-state index contributed by atoms with van der Waals surface area (Å²) in [6, 6.07) is 4.35. The maximum atomic E-state index is 13.4. The van der Waals surface area contributed by atoms with E-state index in [9.17, 15) is 14.0 Å². The lowest BCUT2D eigenvalue weighted by molar-refractivity contribution is -0.141. The maximum Gasteiger partial charge on any atom is 0.306 e. The van der Waals surface area contributed by atoms with Crippen LogP contribution in [0.15, 0.2) is 18.2 Å². The number of aromatic amines is 1. The fourth-order valence-electron chi connectivity index (χ4n) is 3.10. The Morgan fingerprint density at radius 1 is 1.32 bits per heavy atom. The van der Waals surface area contributed by atoms with Gasteiger partial charge in [0, 0.05) is 16.9 Å². The molecule has 3 rings (SSSR count). The third-order valence-electron chi connectivity index (χ3n) is 4.27. The molecule has 5 nitrogen and oxygen atoms in total. The summed E-state index contributed by atoms with van der Waals surface area (Å²) in [4.78, 5) is 26.1. The monoisotopic (exact) mass is 304 g/mol. The number of rotatable bonds is 3. The van der Waals surface area contributed by atoms with Crippen molar-refractivity contribution in [3.05, 3.63) is 35.3 Å². The molecule has 2 aromatic rings. The number of halogens is 1. The molecule has 0 aliphatic heterocycles. The van der Waals surface area contributed by atoms with E-state index in [1.807, 2.05) is 0 Å². The van der Waals surface area contributed by atoms with Gasteiger partial charge in [-0.3, -0.25) is 9.59 Å². The van der Waals surface area contributed by atoms with Crippen molar-refractivity contribution < 1.29 is 19.1 Å². The topological polar surface area (TPSA) is 82.2 Å². The minimum absolute atomic E-state index is 0.127. The average Bonchev–Trinajstić information content (AvgIpc) is 3.05. The van der Waals surface area contributed by atoms with Gasteiger partial charge in [-0.2, -0.15) is 0 Å². The zero-order chi connectivity index (χ0) is 15.9. The predicted octanol–water partition coefficient (Wildman–Crippen LogP) is 2.60. The Morgan fingerprint density at radius 3 is 2.77 bits per heavy atom. The first-order chi connectivity index (χ1) is 10.4. The van der Waals surface area contributed by atoms with Crippen LogP contribution in [-0.2, 0) is 4.79 Å². The third kappa shape index (κ3) is 2.68. The number of carbonyl (C=O) groups excluding carboxylic acids is 1. The molecule has 2 atom stereocenters. The number of amides is 1. The number of aryl methyl sites for hydroxylation is 1. The molecule has 1 aromatic heterocycles.